The molecular weight excluding hydrogens is 506 g/mol. The lowest BCUT2D eigenvalue weighted by Gasteiger charge is -2.38. The summed E-state index contributed by atoms with van der Waals surface area (Å²) in [6, 6.07) is 23.0. The molecule has 0 bridgehead atoms. The summed E-state index contributed by atoms with van der Waals surface area (Å²) in [6.45, 7) is 4.44. The molecule has 2 saturated heterocycles. The molecule has 38 heavy (non-hydrogen) atoms. The van der Waals surface area contributed by atoms with E-state index in [0.29, 0.717) is 17.4 Å². The van der Waals surface area contributed by atoms with E-state index in [4.69, 9.17) is 30.5 Å². The van der Waals surface area contributed by atoms with Crippen molar-refractivity contribution in [3.8, 4) is 11.5 Å². The summed E-state index contributed by atoms with van der Waals surface area (Å²) in [5.41, 5.74) is 2.75. The van der Waals surface area contributed by atoms with Crippen LogP contribution in [0.2, 0.25) is 5.02 Å². The Bertz CT molecular complexity index is 1280. The maximum absolute atomic E-state index is 13.8. The quantitative estimate of drug-likeness (QED) is 0.451. The number of fused-ring (bicyclic) bond motifs is 2. The molecule has 0 aliphatic carbocycles. The molecule has 3 aromatic carbocycles. The number of halogens is 1. The molecule has 0 saturated carbocycles. The first-order valence-corrected chi connectivity index (χ1v) is 13.2. The summed E-state index contributed by atoms with van der Waals surface area (Å²) in [4.78, 5) is 20.3. The van der Waals surface area contributed by atoms with Gasteiger partial charge in [0.2, 0.25) is 0 Å². The van der Waals surface area contributed by atoms with Crippen LogP contribution in [0.1, 0.15) is 5.56 Å². The molecular formula is C29H30ClN3O5. The molecule has 3 aromatic rings. The Morgan fingerprint density at radius 2 is 1.66 bits per heavy atom. The van der Waals surface area contributed by atoms with Crippen LogP contribution in [0.3, 0.4) is 0 Å². The summed E-state index contributed by atoms with van der Waals surface area (Å²) in [5, 5.41) is 0.646. The highest BCUT2D eigenvalue weighted by Gasteiger charge is 2.58. The maximum atomic E-state index is 13.8. The van der Waals surface area contributed by atoms with Gasteiger partial charge in [-0.3, -0.25) is 14.6 Å². The van der Waals surface area contributed by atoms with Crippen molar-refractivity contribution in [2.75, 3.05) is 63.0 Å². The average Bonchev–Trinajstić information content (AvgIpc) is 3.49. The zero-order chi connectivity index (χ0) is 26.1. The van der Waals surface area contributed by atoms with Crippen LogP contribution < -0.4 is 19.3 Å². The standard InChI is InChI=1S/C29H30ClN3O5/c1-35-23-12-8-22(9-13-23)32-16-14-31(15-17-32)20-33-27-5-3-2-4-26(27)29(28(33)34)37-19-25(38-29)18-36-24-10-6-21(30)7-11-24/h2-13,25H,14-20H2,1H3/t25-,29-/m1/s1. The molecule has 8 nitrogen and oxygen atoms in total. The lowest BCUT2D eigenvalue weighted by atomic mass is 10.1. The Kier molecular flexibility index (Phi) is 6.88. The van der Waals surface area contributed by atoms with Crippen LogP contribution >= 0.6 is 11.6 Å². The molecule has 3 aliphatic rings. The van der Waals surface area contributed by atoms with Gasteiger partial charge in [-0.25, -0.2) is 0 Å². The van der Waals surface area contributed by atoms with E-state index < -0.39 is 5.79 Å². The summed E-state index contributed by atoms with van der Waals surface area (Å²) in [7, 11) is 1.67. The smallest absolute Gasteiger partial charge is 0.293 e. The van der Waals surface area contributed by atoms with Crippen molar-refractivity contribution in [2.45, 2.75) is 11.9 Å². The van der Waals surface area contributed by atoms with Gasteiger partial charge in [-0.1, -0.05) is 29.8 Å². The van der Waals surface area contributed by atoms with Crippen molar-refractivity contribution >= 4 is 28.9 Å². The van der Waals surface area contributed by atoms with Gasteiger partial charge in [-0.15, -0.1) is 0 Å². The molecule has 2 atom stereocenters. The Labute approximate surface area is 227 Å². The largest absolute Gasteiger partial charge is 0.497 e. The Hall–Kier alpha value is -3.30. The summed E-state index contributed by atoms with van der Waals surface area (Å²) in [6.07, 6.45) is -0.379. The highest BCUT2D eigenvalue weighted by atomic mass is 35.5. The van der Waals surface area contributed by atoms with E-state index in [-0.39, 0.29) is 25.2 Å². The fraction of sp³-hybridized carbons (Fsp3) is 0.345. The van der Waals surface area contributed by atoms with Gasteiger partial charge in [0.25, 0.3) is 11.7 Å². The minimum absolute atomic E-state index is 0.190. The molecule has 0 N–H and O–H groups in total. The highest BCUT2D eigenvalue weighted by Crippen LogP contribution is 2.47. The first-order valence-electron chi connectivity index (χ1n) is 12.8. The number of hydrogen-bond acceptors (Lipinski definition) is 7. The third-order valence-corrected chi connectivity index (χ3v) is 7.53. The highest BCUT2D eigenvalue weighted by molar-refractivity contribution is 6.30. The molecule has 3 aliphatic heterocycles. The van der Waals surface area contributed by atoms with Crippen LogP contribution in [0, 0.1) is 0 Å². The van der Waals surface area contributed by atoms with Crippen molar-refractivity contribution < 1.29 is 23.7 Å². The van der Waals surface area contributed by atoms with Gasteiger partial charge in [0.1, 0.15) is 24.2 Å². The lowest BCUT2D eigenvalue weighted by molar-refractivity contribution is -0.187. The number of rotatable bonds is 7. The second-order valence-electron chi connectivity index (χ2n) is 9.63. The Morgan fingerprint density at radius 1 is 0.947 bits per heavy atom. The van der Waals surface area contributed by atoms with E-state index in [1.54, 1.807) is 36.3 Å². The first kappa shape index (κ1) is 25.0. The third-order valence-electron chi connectivity index (χ3n) is 7.28. The normalized spacial score (nSPS) is 23.2. The first-order chi connectivity index (χ1) is 18.6. The molecule has 0 aromatic heterocycles. The summed E-state index contributed by atoms with van der Waals surface area (Å²) in [5.74, 6) is -0.0874. The van der Waals surface area contributed by atoms with Crippen LogP contribution in [-0.4, -0.2) is 70.1 Å². The Morgan fingerprint density at radius 3 is 2.39 bits per heavy atom. The number of amides is 1. The average molecular weight is 536 g/mol. The van der Waals surface area contributed by atoms with Gasteiger partial charge in [0.05, 0.1) is 26.1 Å². The SMILES string of the molecule is COc1ccc(N2CCN(CN3C(=O)[C@@]4(OC[C@@H](COc5ccc(Cl)cc5)O4)c4ccccc43)CC2)cc1. The molecule has 1 spiro atoms. The summed E-state index contributed by atoms with van der Waals surface area (Å²) < 4.78 is 23.6. The van der Waals surface area contributed by atoms with Crippen molar-refractivity contribution in [1.82, 2.24) is 4.90 Å². The van der Waals surface area contributed by atoms with E-state index in [1.165, 1.54) is 5.69 Å². The second kappa shape index (κ2) is 10.5. The number of ether oxygens (including phenoxy) is 4. The van der Waals surface area contributed by atoms with E-state index >= 15 is 0 Å². The number of hydrogen-bond donors (Lipinski definition) is 0. The monoisotopic (exact) mass is 535 g/mol. The van der Waals surface area contributed by atoms with Crippen molar-refractivity contribution in [3.05, 3.63) is 83.4 Å². The van der Waals surface area contributed by atoms with Gasteiger partial charge in [0.15, 0.2) is 0 Å². The topological polar surface area (TPSA) is 63.7 Å². The summed E-state index contributed by atoms with van der Waals surface area (Å²) >= 11 is 5.96. The van der Waals surface area contributed by atoms with E-state index in [1.807, 2.05) is 36.4 Å². The van der Waals surface area contributed by atoms with Gasteiger partial charge in [-0.2, -0.15) is 0 Å². The van der Waals surface area contributed by atoms with Gasteiger partial charge >= 0.3 is 0 Å². The number of para-hydroxylation sites is 1. The predicted octanol–water partition coefficient (Wildman–Crippen LogP) is 4.12. The fourth-order valence-corrected chi connectivity index (χ4v) is 5.37. The van der Waals surface area contributed by atoms with Crippen LogP contribution in [0.15, 0.2) is 72.8 Å². The molecule has 9 heteroatoms. The van der Waals surface area contributed by atoms with Gasteiger partial charge in [0, 0.05) is 42.5 Å². The van der Waals surface area contributed by atoms with E-state index in [2.05, 4.69) is 21.9 Å². The van der Waals surface area contributed by atoms with Crippen LogP contribution in [0.4, 0.5) is 11.4 Å². The molecule has 6 rings (SSSR count). The Balaban J connectivity index is 1.11. The van der Waals surface area contributed by atoms with Crippen molar-refractivity contribution in [1.29, 1.82) is 0 Å². The fourth-order valence-electron chi connectivity index (χ4n) is 5.24. The van der Waals surface area contributed by atoms with Crippen LogP contribution in [0.5, 0.6) is 11.5 Å². The molecule has 1 amide bonds. The molecule has 2 fully saturated rings. The van der Waals surface area contributed by atoms with Crippen molar-refractivity contribution in [2.24, 2.45) is 0 Å². The van der Waals surface area contributed by atoms with E-state index in [0.717, 1.165) is 43.2 Å². The number of piperazine rings is 1. The number of carbonyl (C=O) groups excluding carboxylic acids is 1. The van der Waals surface area contributed by atoms with Crippen molar-refractivity contribution in [3.63, 3.8) is 0 Å². The minimum Gasteiger partial charge on any atom is -0.497 e. The van der Waals surface area contributed by atoms with Crippen LogP contribution in [0.25, 0.3) is 0 Å². The zero-order valence-electron chi connectivity index (χ0n) is 21.2. The van der Waals surface area contributed by atoms with Gasteiger partial charge in [-0.05, 0) is 54.6 Å². The lowest BCUT2D eigenvalue weighted by Crippen LogP contribution is -2.52. The number of nitrogens with zero attached hydrogens (tertiary/aromatic N) is 3. The number of methoxy groups -OCH3 is 1. The minimum atomic E-state index is -1.43. The maximum Gasteiger partial charge on any atom is 0.293 e. The third kappa shape index (κ3) is 4.69. The molecule has 3 heterocycles. The van der Waals surface area contributed by atoms with E-state index in [9.17, 15) is 4.79 Å². The number of anilines is 2. The number of carbonyl (C=O) groups is 1. The molecule has 0 radical (unpaired) electrons. The number of benzene rings is 3. The predicted molar refractivity (Wildman–Crippen MR) is 145 cm³/mol. The molecule has 0 unspecified atom stereocenters. The van der Waals surface area contributed by atoms with Gasteiger partial charge < -0.3 is 23.8 Å². The zero-order valence-corrected chi connectivity index (χ0v) is 22.0. The second-order valence-corrected chi connectivity index (χ2v) is 10.1. The van der Waals surface area contributed by atoms with Crippen LogP contribution in [-0.2, 0) is 20.1 Å². The molecule has 198 valence electrons.